The maximum Gasteiger partial charge on any atom is 0.293 e. The van der Waals surface area contributed by atoms with E-state index in [-0.39, 0.29) is 18.0 Å². The molecule has 7 heteroatoms. The van der Waals surface area contributed by atoms with Crippen molar-refractivity contribution in [2.75, 3.05) is 5.32 Å². The highest BCUT2D eigenvalue weighted by Gasteiger charge is 2.13. The lowest BCUT2D eigenvalue weighted by Gasteiger charge is -2.06. The summed E-state index contributed by atoms with van der Waals surface area (Å²) in [5.41, 5.74) is 4.58. The number of carbonyl (C=O) groups excluding carboxylic acids is 1. The molecule has 0 aliphatic rings. The summed E-state index contributed by atoms with van der Waals surface area (Å²) < 4.78 is 2.59. The van der Waals surface area contributed by atoms with Crippen LogP contribution in [0.15, 0.2) is 65.7 Å². The van der Waals surface area contributed by atoms with Crippen molar-refractivity contribution in [2.24, 2.45) is 0 Å². The molecule has 0 radical (unpaired) electrons. The van der Waals surface area contributed by atoms with Crippen molar-refractivity contribution in [1.29, 1.82) is 0 Å². The van der Waals surface area contributed by atoms with E-state index in [9.17, 15) is 9.59 Å². The van der Waals surface area contributed by atoms with E-state index in [2.05, 4.69) is 21.6 Å². The molecule has 1 N–H and O–H groups in total. The van der Waals surface area contributed by atoms with E-state index in [0.717, 1.165) is 15.8 Å². The summed E-state index contributed by atoms with van der Waals surface area (Å²) in [6, 6.07) is 16.9. The molecular formula is C21H19N5O2. The molecule has 0 aliphatic carbocycles. The Kier molecular flexibility index (Phi) is 4.49. The zero-order valence-corrected chi connectivity index (χ0v) is 15.6. The van der Waals surface area contributed by atoms with Crippen LogP contribution in [0.2, 0.25) is 0 Å². The molecule has 2 heterocycles. The molecule has 0 saturated heterocycles. The van der Waals surface area contributed by atoms with Crippen molar-refractivity contribution in [3.05, 3.63) is 82.4 Å². The number of nitrogens with one attached hydrogen (secondary N) is 1. The van der Waals surface area contributed by atoms with Crippen LogP contribution in [0.5, 0.6) is 0 Å². The van der Waals surface area contributed by atoms with Crippen LogP contribution in [-0.4, -0.2) is 25.3 Å². The smallest absolute Gasteiger partial charge is 0.293 e. The number of benzene rings is 2. The van der Waals surface area contributed by atoms with Gasteiger partial charge in [-0.05, 0) is 37.6 Å². The third kappa shape index (κ3) is 3.42. The largest absolute Gasteiger partial charge is 0.324 e. The molecule has 4 aromatic rings. The lowest BCUT2D eigenvalue weighted by molar-refractivity contribution is -0.117. The molecule has 0 spiro atoms. The third-order valence-corrected chi connectivity index (χ3v) is 4.50. The predicted octanol–water partition coefficient (Wildman–Crippen LogP) is 2.81. The van der Waals surface area contributed by atoms with Gasteiger partial charge in [-0.1, -0.05) is 42.0 Å². The van der Waals surface area contributed by atoms with Crippen LogP contribution in [-0.2, 0) is 11.3 Å². The summed E-state index contributed by atoms with van der Waals surface area (Å²) in [6.45, 7) is 3.87. The van der Waals surface area contributed by atoms with Crippen LogP contribution < -0.4 is 10.9 Å². The lowest BCUT2D eigenvalue weighted by Crippen LogP contribution is -2.30. The lowest BCUT2D eigenvalue weighted by atomic mass is 10.0. The number of fused-ring (bicyclic) bond motifs is 1. The van der Waals surface area contributed by atoms with Crippen molar-refractivity contribution in [3.63, 3.8) is 0 Å². The molecule has 0 unspecified atom stereocenters. The number of anilines is 1. The first kappa shape index (κ1) is 17.7. The minimum Gasteiger partial charge on any atom is -0.324 e. The number of hydrogen-bond donors (Lipinski definition) is 1. The monoisotopic (exact) mass is 373 g/mol. The van der Waals surface area contributed by atoms with Crippen LogP contribution in [0.4, 0.5) is 5.69 Å². The number of rotatable bonds is 4. The standard InChI is InChI=1S/C21H19N5O2/c1-14-8-9-17(15(2)10-14)18-11-19-21(28)25(22-13-26(19)24-18)12-20(27)23-16-6-4-3-5-7-16/h3-11,13H,12H2,1-2H3,(H,23,27). The number of amides is 1. The summed E-state index contributed by atoms with van der Waals surface area (Å²) in [6.07, 6.45) is 1.44. The topological polar surface area (TPSA) is 81.3 Å². The average Bonchev–Trinajstić information content (AvgIpc) is 3.09. The number of hydrogen-bond acceptors (Lipinski definition) is 4. The SMILES string of the molecule is Cc1ccc(-c2cc3c(=O)n(CC(=O)Nc4ccccc4)ncn3n2)c(C)c1. The highest BCUT2D eigenvalue weighted by atomic mass is 16.2. The van der Waals surface area contributed by atoms with E-state index in [1.54, 1.807) is 18.2 Å². The van der Waals surface area contributed by atoms with Gasteiger partial charge in [-0.15, -0.1) is 0 Å². The minimum absolute atomic E-state index is 0.172. The van der Waals surface area contributed by atoms with Crippen LogP contribution in [0.1, 0.15) is 11.1 Å². The first-order valence-electron chi connectivity index (χ1n) is 8.89. The molecule has 28 heavy (non-hydrogen) atoms. The number of para-hydroxylation sites is 1. The Balaban J connectivity index is 1.64. The van der Waals surface area contributed by atoms with Gasteiger partial charge in [0.15, 0.2) is 0 Å². The summed E-state index contributed by atoms with van der Waals surface area (Å²) >= 11 is 0. The molecule has 0 bridgehead atoms. The maximum absolute atomic E-state index is 12.8. The number of aromatic nitrogens is 4. The van der Waals surface area contributed by atoms with Crippen LogP contribution >= 0.6 is 0 Å². The van der Waals surface area contributed by atoms with Gasteiger partial charge >= 0.3 is 0 Å². The molecule has 4 rings (SSSR count). The summed E-state index contributed by atoms with van der Waals surface area (Å²) in [7, 11) is 0. The fourth-order valence-electron chi connectivity index (χ4n) is 3.14. The van der Waals surface area contributed by atoms with Crippen molar-refractivity contribution in [1.82, 2.24) is 19.4 Å². The molecule has 2 aromatic carbocycles. The van der Waals surface area contributed by atoms with Crippen LogP contribution in [0.25, 0.3) is 16.8 Å². The van der Waals surface area contributed by atoms with Gasteiger partial charge in [-0.3, -0.25) is 9.59 Å². The Hall–Kier alpha value is -3.74. The summed E-state index contributed by atoms with van der Waals surface area (Å²) in [5, 5.41) is 11.3. The van der Waals surface area contributed by atoms with E-state index in [4.69, 9.17) is 0 Å². The van der Waals surface area contributed by atoms with Gasteiger partial charge in [0.25, 0.3) is 5.56 Å². The second kappa shape index (κ2) is 7.11. The Bertz CT molecular complexity index is 1220. The zero-order valence-electron chi connectivity index (χ0n) is 15.6. The second-order valence-electron chi connectivity index (χ2n) is 6.69. The van der Waals surface area contributed by atoms with E-state index in [1.165, 1.54) is 16.4 Å². The first-order valence-corrected chi connectivity index (χ1v) is 8.89. The van der Waals surface area contributed by atoms with E-state index < -0.39 is 0 Å². The van der Waals surface area contributed by atoms with Crippen molar-refractivity contribution in [3.8, 4) is 11.3 Å². The normalized spacial score (nSPS) is 10.9. The van der Waals surface area contributed by atoms with Gasteiger partial charge in [0.1, 0.15) is 18.4 Å². The molecule has 0 saturated carbocycles. The van der Waals surface area contributed by atoms with Crippen LogP contribution in [0, 0.1) is 13.8 Å². The number of aryl methyl sites for hydroxylation is 2. The molecule has 0 fully saturated rings. The maximum atomic E-state index is 12.8. The summed E-state index contributed by atoms with van der Waals surface area (Å²) in [5.74, 6) is -0.320. The highest BCUT2D eigenvalue weighted by molar-refractivity contribution is 5.90. The molecule has 1 amide bonds. The first-order chi connectivity index (χ1) is 13.5. The molecule has 7 nitrogen and oxygen atoms in total. The number of nitrogens with zero attached hydrogens (tertiary/aromatic N) is 4. The van der Waals surface area contributed by atoms with Crippen molar-refractivity contribution < 1.29 is 4.79 Å². The van der Waals surface area contributed by atoms with E-state index in [0.29, 0.717) is 16.9 Å². The predicted molar refractivity (Wildman–Crippen MR) is 107 cm³/mol. The summed E-state index contributed by atoms with van der Waals surface area (Å²) in [4.78, 5) is 25.0. The average molecular weight is 373 g/mol. The Morgan fingerprint density at radius 1 is 1.07 bits per heavy atom. The van der Waals surface area contributed by atoms with E-state index >= 15 is 0 Å². The van der Waals surface area contributed by atoms with Gasteiger partial charge in [-0.2, -0.15) is 10.2 Å². The van der Waals surface area contributed by atoms with Gasteiger partial charge in [-0.25, -0.2) is 9.20 Å². The Morgan fingerprint density at radius 2 is 1.86 bits per heavy atom. The van der Waals surface area contributed by atoms with Gasteiger partial charge < -0.3 is 5.32 Å². The van der Waals surface area contributed by atoms with Gasteiger partial charge in [0, 0.05) is 11.3 Å². The van der Waals surface area contributed by atoms with Gasteiger partial charge in [0.05, 0.1) is 5.69 Å². The molecule has 140 valence electrons. The van der Waals surface area contributed by atoms with Gasteiger partial charge in [0.2, 0.25) is 5.91 Å². The van der Waals surface area contributed by atoms with Crippen LogP contribution in [0.3, 0.4) is 0 Å². The minimum atomic E-state index is -0.366. The zero-order chi connectivity index (χ0) is 19.7. The Morgan fingerprint density at radius 3 is 2.61 bits per heavy atom. The van der Waals surface area contributed by atoms with Crippen molar-refractivity contribution >= 4 is 17.1 Å². The Labute approximate surface area is 161 Å². The third-order valence-electron chi connectivity index (χ3n) is 4.50. The second-order valence-corrected chi connectivity index (χ2v) is 6.69. The fourth-order valence-corrected chi connectivity index (χ4v) is 3.14. The van der Waals surface area contributed by atoms with E-state index in [1.807, 2.05) is 44.2 Å². The molecule has 0 atom stereocenters. The number of carbonyl (C=O) groups is 1. The molecular weight excluding hydrogens is 354 g/mol. The molecule has 0 aliphatic heterocycles. The highest BCUT2D eigenvalue weighted by Crippen LogP contribution is 2.23. The van der Waals surface area contributed by atoms with Crippen molar-refractivity contribution in [2.45, 2.75) is 20.4 Å². The fraction of sp³-hybridized carbons (Fsp3) is 0.143. The quantitative estimate of drug-likeness (QED) is 0.596. The molecule has 2 aromatic heterocycles.